The highest BCUT2D eigenvalue weighted by atomic mass is 16.5. The summed E-state index contributed by atoms with van der Waals surface area (Å²) < 4.78 is 4.55. The van der Waals surface area contributed by atoms with E-state index in [1.165, 1.54) is 13.3 Å². The Bertz CT molecular complexity index is 477. The molecule has 4 heteroatoms. The van der Waals surface area contributed by atoms with Crippen LogP contribution in [0.3, 0.4) is 0 Å². The van der Waals surface area contributed by atoms with Gasteiger partial charge in [-0.2, -0.15) is 0 Å². The minimum Gasteiger partial charge on any atom is -0.511 e. The number of aliphatic hydroxyl groups excluding tert-OH is 1. The molecule has 0 amide bonds. The van der Waals surface area contributed by atoms with E-state index in [1.54, 1.807) is 0 Å². The van der Waals surface area contributed by atoms with Crippen LogP contribution in [-0.2, 0) is 9.53 Å². The summed E-state index contributed by atoms with van der Waals surface area (Å²) >= 11 is 0. The van der Waals surface area contributed by atoms with Gasteiger partial charge in [0.1, 0.15) is 11.3 Å². The fraction of sp³-hybridized carbons (Fsp3) is 0.231. The molecule has 4 nitrogen and oxygen atoms in total. The summed E-state index contributed by atoms with van der Waals surface area (Å²) in [6.07, 6.45) is 1.70. The van der Waals surface area contributed by atoms with E-state index in [0.717, 1.165) is 5.56 Å². The number of carbonyl (C=O) groups is 1. The van der Waals surface area contributed by atoms with Crippen molar-refractivity contribution in [1.82, 2.24) is 0 Å². The van der Waals surface area contributed by atoms with Gasteiger partial charge < -0.3 is 9.84 Å². The molecule has 0 fully saturated rings. The Balaban J connectivity index is 2.19. The molecule has 0 saturated carbocycles. The minimum absolute atomic E-state index is 0.0284. The standard InChI is InChI=1S/C13H13NO3/c1-17-13(16)10-8-14-11(7-12(10)15)9-5-3-2-4-6-9/h2-6,8,11,15H,7H2,1H3/t11-/m1/s1. The maximum Gasteiger partial charge on any atom is 0.342 e. The lowest BCUT2D eigenvalue weighted by Crippen LogP contribution is -2.15. The van der Waals surface area contributed by atoms with Crippen LogP contribution < -0.4 is 0 Å². The number of dihydropyridines is 1. The van der Waals surface area contributed by atoms with Gasteiger partial charge in [-0.1, -0.05) is 30.3 Å². The van der Waals surface area contributed by atoms with Crippen LogP contribution in [0.5, 0.6) is 0 Å². The van der Waals surface area contributed by atoms with Crippen LogP contribution in [0.4, 0.5) is 0 Å². The van der Waals surface area contributed by atoms with Gasteiger partial charge in [0, 0.05) is 12.6 Å². The monoisotopic (exact) mass is 231 g/mol. The number of ether oxygens (including phenoxy) is 1. The number of esters is 1. The first kappa shape index (κ1) is 11.4. The summed E-state index contributed by atoms with van der Waals surface area (Å²) in [7, 11) is 1.28. The van der Waals surface area contributed by atoms with E-state index in [2.05, 4.69) is 9.73 Å². The summed E-state index contributed by atoms with van der Waals surface area (Å²) in [4.78, 5) is 15.5. The molecule has 1 N–H and O–H groups in total. The molecule has 0 aromatic heterocycles. The van der Waals surface area contributed by atoms with Crippen LogP contribution in [0, 0.1) is 0 Å². The molecule has 1 heterocycles. The number of hydrogen-bond acceptors (Lipinski definition) is 4. The van der Waals surface area contributed by atoms with Crippen LogP contribution >= 0.6 is 0 Å². The number of hydrogen-bond donors (Lipinski definition) is 1. The lowest BCUT2D eigenvalue weighted by atomic mass is 9.99. The maximum atomic E-state index is 11.3. The lowest BCUT2D eigenvalue weighted by molar-refractivity contribution is -0.135. The van der Waals surface area contributed by atoms with E-state index in [4.69, 9.17) is 0 Å². The second-order valence-electron chi connectivity index (χ2n) is 3.76. The van der Waals surface area contributed by atoms with Crippen molar-refractivity contribution < 1.29 is 14.6 Å². The summed E-state index contributed by atoms with van der Waals surface area (Å²) in [5.74, 6) is -0.529. The Kier molecular flexibility index (Phi) is 3.23. The van der Waals surface area contributed by atoms with Gasteiger partial charge in [0.15, 0.2) is 0 Å². The highest BCUT2D eigenvalue weighted by molar-refractivity contribution is 6.10. The normalized spacial score (nSPS) is 19.2. The average Bonchev–Trinajstić information content (AvgIpc) is 2.39. The van der Waals surface area contributed by atoms with Crippen molar-refractivity contribution in [3.05, 3.63) is 47.2 Å². The second kappa shape index (κ2) is 4.82. The largest absolute Gasteiger partial charge is 0.511 e. The van der Waals surface area contributed by atoms with Crippen molar-refractivity contribution in [3.63, 3.8) is 0 Å². The number of nitrogens with zero attached hydrogens (tertiary/aromatic N) is 1. The molecule has 0 radical (unpaired) electrons. The van der Waals surface area contributed by atoms with Gasteiger partial charge in [0.2, 0.25) is 0 Å². The number of aliphatic imine (C=N–C) groups is 1. The van der Waals surface area contributed by atoms with Crippen molar-refractivity contribution in [2.24, 2.45) is 4.99 Å². The van der Waals surface area contributed by atoms with Crippen molar-refractivity contribution >= 4 is 12.2 Å². The van der Waals surface area contributed by atoms with Crippen LogP contribution in [0.1, 0.15) is 18.0 Å². The average molecular weight is 231 g/mol. The van der Waals surface area contributed by atoms with Crippen LogP contribution in [0.2, 0.25) is 0 Å². The molecule has 2 rings (SSSR count). The van der Waals surface area contributed by atoms with Crippen LogP contribution in [-0.4, -0.2) is 24.4 Å². The quantitative estimate of drug-likeness (QED) is 0.794. The van der Waals surface area contributed by atoms with Gasteiger partial charge in [-0.3, -0.25) is 4.99 Å². The molecular formula is C13H13NO3. The van der Waals surface area contributed by atoms with Crippen LogP contribution in [0.15, 0.2) is 46.7 Å². The first-order valence-electron chi connectivity index (χ1n) is 5.31. The smallest absolute Gasteiger partial charge is 0.342 e. The zero-order valence-electron chi connectivity index (χ0n) is 9.46. The van der Waals surface area contributed by atoms with Gasteiger partial charge in [-0.25, -0.2) is 4.79 Å². The van der Waals surface area contributed by atoms with Crippen molar-refractivity contribution in [1.29, 1.82) is 0 Å². The van der Waals surface area contributed by atoms with Crippen molar-refractivity contribution in [2.75, 3.05) is 7.11 Å². The number of rotatable bonds is 2. The third-order valence-corrected chi connectivity index (χ3v) is 2.67. The summed E-state index contributed by atoms with van der Waals surface area (Å²) in [5, 5.41) is 9.79. The molecule has 0 saturated heterocycles. The van der Waals surface area contributed by atoms with E-state index in [1.807, 2.05) is 30.3 Å². The molecule has 88 valence electrons. The van der Waals surface area contributed by atoms with E-state index < -0.39 is 5.97 Å². The zero-order chi connectivity index (χ0) is 12.3. The third-order valence-electron chi connectivity index (χ3n) is 2.67. The zero-order valence-corrected chi connectivity index (χ0v) is 9.46. The Morgan fingerprint density at radius 3 is 2.71 bits per heavy atom. The van der Waals surface area contributed by atoms with Gasteiger partial charge >= 0.3 is 5.97 Å². The fourth-order valence-electron chi connectivity index (χ4n) is 1.74. The number of carbonyl (C=O) groups excluding carboxylic acids is 1. The molecule has 1 aliphatic rings. The molecule has 0 spiro atoms. The van der Waals surface area contributed by atoms with Crippen molar-refractivity contribution in [3.8, 4) is 0 Å². The maximum absolute atomic E-state index is 11.3. The summed E-state index contributed by atoms with van der Waals surface area (Å²) in [6.45, 7) is 0. The topological polar surface area (TPSA) is 58.9 Å². The minimum atomic E-state index is -0.558. The molecule has 17 heavy (non-hydrogen) atoms. The van der Waals surface area contributed by atoms with E-state index in [9.17, 15) is 9.90 Å². The van der Waals surface area contributed by atoms with E-state index >= 15 is 0 Å². The fourth-order valence-corrected chi connectivity index (χ4v) is 1.74. The first-order valence-corrected chi connectivity index (χ1v) is 5.31. The van der Waals surface area contributed by atoms with E-state index in [-0.39, 0.29) is 17.4 Å². The first-order chi connectivity index (χ1) is 8.22. The number of methoxy groups -OCH3 is 1. The number of benzene rings is 1. The lowest BCUT2D eigenvalue weighted by Gasteiger charge is -2.17. The summed E-state index contributed by atoms with van der Waals surface area (Å²) in [6, 6.07) is 9.51. The molecule has 1 atom stereocenters. The highest BCUT2D eigenvalue weighted by Gasteiger charge is 2.22. The Labute approximate surface area is 99.3 Å². The van der Waals surface area contributed by atoms with Crippen LogP contribution in [0.25, 0.3) is 0 Å². The molecule has 0 aliphatic carbocycles. The predicted molar refractivity (Wildman–Crippen MR) is 64.0 cm³/mol. The highest BCUT2D eigenvalue weighted by Crippen LogP contribution is 2.28. The molecular weight excluding hydrogens is 218 g/mol. The SMILES string of the molecule is COC(=O)C1=C(O)C[C@H](c2ccccc2)N=C1. The van der Waals surface area contributed by atoms with E-state index in [0.29, 0.717) is 6.42 Å². The Morgan fingerprint density at radius 2 is 2.12 bits per heavy atom. The molecule has 0 bridgehead atoms. The van der Waals surface area contributed by atoms with Gasteiger partial charge in [0.25, 0.3) is 0 Å². The second-order valence-corrected chi connectivity index (χ2v) is 3.76. The van der Waals surface area contributed by atoms with Gasteiger partial charge in [-0.15, -0.1) is 0 Å². The molecule has 1 aromatic carbocycles. The molecule has 1 aliphatic heterocycles. The number of aliphatic hydroxyl groups is 1. The van der Waals surface area contributed by atoms with Gasteiger partial charge in [0.05, 0.1) is 13.2 Å². The van der Waals surface area contributed by atoms with Gasteiger partial charge in [-0.05, 0) is 5.56 Å². The molecule has 1 aromatic rings. The predicted octanol–water partition coefficient (Wildman–Crippen LogP) is 2.19. The Morgan fingerprint density at radius 1 is 1.41 bits per heavy atom. The van der Waals surface area contributed by atoms with Crippen molar-refractivity contribution in [2.45, 2.75) is 12.5 Å². The third kappa shape index (κ3) is 2.36. The Hall–Kier alpha value is -2.10. The summed E-state index contributed by atoms with van der Waals surface area (Å²) in [5.41, 5.74) is 1.15. The molecule has 0 unspecified atom stereocenters.